The van der Waals surface area contributed by atoms with E-state index in [2.05, 4.69) is 20.6 Å². The number of nitrogens with one attached hydrogen (secondary N) is 2. The Labute approximate surface area is 148 Å². The molecule has 2 aromatic rings. The lowest BCUT2D eigenvalue weighted by atomic mass is 10.0. The Bertz CT molecular complexity index is 815. The van der Waals surface area contributed by atoms with E-state index in [0.29, 0.717) is 13.0 Å². The van der Waals surface area contributed by atoms with Crippen molar-refractivity contribution in [1.82, 2.24) is 15.3 Å². The molecule has 0 bridgehead atoms. The van der Waals surface area contributed by atoms with Crippen molar-refractivity contribution in [2.45, 2.75) is 6.42 Å². The van der Waals surface area contributed by atoms with E-state index in [9.17, 15) is 14.0 Å². The molecule has 5 N–H and O–H groups in total. The van der Waals surface area contributed by atoms with Gasteiger partial charge in [0.2, 0.25) is 11.7 Å². The van der Waals surface area contributed by atoms with Crippen LogP contribution in [0.4, 0.5) is 21.0 Å². The molecule has 9 nitrogen and oxygen atoms in total. The number of nitrogens with zero attached hydrogens (tertiary/aromatic N) is 2. The van der Waals surface area contributed by atoms with E-state index in [4.69, 9.17) is 15.6 Å². The molecule has 0 aliphatic carbocycles. The van der Waals surface area contributed by atoms with E-state index in [-0.39, 0.29) is 35.2 Å². The van der Waals surface area contributed by atoms with Gasteiger partial charge >= 0.3 is 6.09 Å². The number of carbonyl (C=O) groups is 2. The predicted molar refractivity (Wildman–Crippen MR) is 92.0 cm³/mol. The van der Waals surface area contributed by atoms with E-state index in [1.807, 2.05) is 0 Å². The summed E-state index contributed by atoms with van der Waals surface area (Å²) in [6, 6.07) is 3.59. The Hall–Kier alpha value is -3.43. The van der Waals surface area contributed by atoms with Crippen LogP contribution in [-0.2, 0) is 0 Å². The normalized spacial score (nSPS) is 10.2. The SMILES string of the molecule is COc1ccc(F)cc1C(=O)c1cnc(NCCCNC(=O)O)nc1N. The van der Waals surface area contributed by atoms with Crippen molar-refractivity contribution in [3.63, 3.8) is 0 Å². The third-order valence-electron chi connectivity index (χ3n) is 3.38. The molecule has 0 unspecified atom stereocenters. The number of amides is 1. The van der Waals surface area contributed by atoms with Gasteiger partial charge in [-0.15, -0.1) is 0 Å². The van der Waals surface area contributed by atoms with E-state index in [0.717, 1.165) is 6.07 Å². The Morgan fingerprint density at radius 1 is 1.31 bits per heavy atom. The van der Waals surface area contributed by atoms with E-state index in [1.54, 1.807) is 0 Å². The van der Waals surface area contributed by atoms with Crippen molar-refractivity contribution in [1.29, 1.82) is 0 Å². The lowest BCUT2D eigenvalue weighted by Crippen LogP contribution is -2.23. The first kappa shape index (κ1) is 18.9. The molecule has 1 amide bonds. The molecule has 0 radical (unpaired) electrons. The molecule has 1 heterocycles. The van der Waals surface area contributed by atoms with Crippen molar-refractivity contribution < 1.29 is 23.8 Å². The van der Waals surface area contributed by atoms with Gasteiger partial charge in [0.25, 0.3) is 0 Å². The standard InChI is InChI=1S/C16H18FN5O4/c1-26-12-4-3-9(17)7-10(12)13(23)11-8-21-15(22-14(11)18)19-5-2-6-20-16(24)25/h3-4,7-8,20H,2,5-6H2,1H3,(H,24,25)(H3,18,19,21,22). The zero-order valence-corrected chi connectivity index (χ0v) is 14.0. The summed E-state index contributed by atoms with van der Waals surface area (Å²) in [6.45, 7) is 0.679. The van der Waals surface area contributed by atoms with Gasteiger partial charge in [-0.1, -0.05) is 0 Å². The fourth-order valence-electron chi connectivity index (χ4n) is 2.14. The van der Waals surface area contributed by atoms with Crippen LogP contribution in [-0.4, -0.2) is 47.2 Å². The first-order valence-electron chi connectivity index (χ1n) is 7.63. The monoisotopic (exact) mass is 363 g/mol. The zero-order chi connectivity index (χ0) is 19.1. The summed E-state index contributed by atoms with van der Waals surface area (Å²) in [5.74, 6) is -0.801. The fraction of sp³-hybridized carbons (Fsp3) is 0.250. The number of carboxylic acid groups (broad SMARTS) is 1. The molecule has 0 atom stereocenters. The minimum absolute atomic E-state index is 0.0169. The van der Waals surface area contributed by atoms with E-state index < -0.39 is 17.7 Å². The van der Waals surface area contributed by atoms with Crippen LogP contribution in [0.3, 0.4) is 0 Å². The maximum atomic E-state index is 13.5. The summed E-state index contributed by atoms with van der Waals surface area (Å²) in [5, 5.41) is 13.6. The van der Waals surface area contributed by atoms with Crippen LogP contribution >= 0.6 is 0 Å². The highest BCUT2D eigenvalue weighted by Gasteiger charge is 2.19. The highest BCUT2D eigenvalue weighted by Crippen LogP contribution is 2.24. The molecule has 1 aromatic heterocycles. The number of carbonyl (C=O) groups excluding carboxylic acids is 1. The van der Waals surface area contributed by atoms with Crippen LogP contribution in [0.2, 0.25) is 0 Å². The molecule has 0 spiro atoms. The minimum atomic E-state index is -1.10. The van der Waals surface area contributed by atoms with Crippen molar-refractivity contribution in [2.24, 2.45) is 0 Å². The number of nitrogen functional groups attached to an aromatic ring is 1. The summed E-state index contributed by atoms with van der Waals surface area (Å²) in [6.07, 6.45) is 0.657. The van der Waals surface area contributed by atoms with Crippen LogP contribution in [0, 0.1) is 5.82 Å². The molecular weight excluding hydrogens is 345 g/mol. The van der Waals surface area contributed by atoms with E-state index >= 15 is 0 Å². The molecule has 0 fully saturated rings. The maximum absolute atomic E-state index is 13.5. The molecular formula is C16H18FN5O4. The highest BCUT2D eigenvalue weighted by molar-refractivity contribution is 6.13. The molecule has 26 heavy (non-hydrogen) atoms. The number of benzene rings is 1. The first-order chi connectivity index (χ1) is 12.4. The second-order valence-electron chi connectivity index (χ2n) is 5.18. The second-order valence-corrected chi connectivity index (χ2v) is 5.18. The Balaban J connectivity index is 2.08. The molecule has 0 aliphatic rings. The minimum Gasteiger partial charge on any atom is -0.496 e. The summed E-state index contributed by atoms with van der Waals surface area (Å²) in [4.78, 5) is 30.9. The number of hydrogen-bond donors (Lipinski definition) is 4. The fourth-order valence-corrected chi connectivity index (χ4v) is 2.14. The number of anilines is 2. The van der Waals surface area contributed by atoms with Crippen molar-refractivity contribution in [3.05, 3.63) is 41.3 Å². The number of methoxy groups -OCH3 is 1. The van der Waals surface area contributed by atoms with Gasteiger partial charge in [-0.3, -0.25) is 4.79 Å². The number of aromatic nitrogens is 2. The Kier molecular flexibility index (Phi) is 6.25. The average Bonchev–Trinajstić information content (AvgIpc) is 2.60. The largest absolute Gasteiger partial charge is 0.496 e. The van der Waals surface area contributed by atoms with Gasteiger partial charge < -0.3 is 26.2 Å². The van der Waals surface area contributed by atoms with Crippen molar-refractivity contribution in [2.75, 3.05) is 31.2 Å². The molecule has 10 heteroatoms. The number of hydrogen-bond acceptors (Lipinski definition) is 7. The van der Waals surface area contributed by atoms with Gasteiger partial charge in [0.15, 0.2) is 0 Å². The van der Waals surface area contributed by atoms with Gasteiger partial charge in [0.05, 0.1) is 18.2 Å². The van der Waals surface area contributed by atoms with Gasteiger partial charge in [-0.05, 0) is 24.6 Å². The quantitative estimate of drug-likeness (QED) is 0.409. The highest BCUT2D eigenvalue weighted by atomic mass is 19.1. The number of halogens is 1. The maximum Gasteiger partial charge on any atom is 0.404 e. The van der Waals surface area contributed by atoms with Crippen LogP contribution in [0.1, 0.15) is 22.3 Å². The molecule has 0 aliphatic heterocycles. The van der Waals surface area contributed by atoms with Gasteiger partial charge in [-0.2, -0.15) is 4.98 Å². The van der Waals surface area contributed by atoms with E-state index in [1.165, 1.54) is 25.4 Å². The lowest BCUT2D eigenvalue weighted by molar-refractivity contribution is 0.103. The summed E-state index contributed by atoms with van der Waals surface area (Å²) in [7, 11) is 1.37. The number of ketones is 1. The number of ether oxygens (including phenoxy) is 1. The first-order valence-corrected chi connectivity index (χ1v) is 7.63. The van der Waals surface area contributed by atoms with Crippen molar-refractivity contribution >= 4 is 23.6 Å². The van der Waals surface area contributed by atoms with Crippen LogP contribution in [0.5, 0.6) is 5.75 Å². The molecule has 1 aromatic carbocycles. The lowest BCUT2D eigenvalue weighted by Gasteiger charge is -2.10. The summed E-state index contributed by atoms with van der Waals surface area (Å²) < 4.78 is 18.5. The van der Waals surface area contributed by atoms with Crippen LogP contribution in [0.15, 0.2) is 24.4 Å². The van der Waals surface area contributed by atoms with Gasteiger partial charge in [0.1, 0.15) is 17.4 Å². The number of rotatable bonds is 8. The Morgan fingerprint density at radius 3 is 2.73 bits per heavy atom. The molecule has 0 saturated carbocycles. The Morgan fingerprint density at radius 2 is 2.08 bits per heavy atom. The topological polar surface area (TPSA) is 139 Å². The molecule has 138 valence electrons. The predicted octanol–water partition coefficient (Wildman–Crippen LogP) is 1.51. The average molecular weight is 363 g/mol. The van der Waals surface area contributed by atoms with Crippen LogP contribution < -0.4 is 21.1 Å². The van der Waals surface area contributed by atoms with Crippen LogP contribution in [0.25, 0.3) is 0 Å². The molecule has 0 saturated heterocycles. The number of nitrogens with two attached hydrogens (primary N) is 1. The summed E-state index contributed by atoms with van der Waals surface area (Å²) in [5.41, 5.74) is 5.86. The second kappa shape index (κ2) is 8.60. The third kappa shape index (κ3) is 4.79. The smallest absolute Gasteiger partial charge is 0.404 e. The van der Waals surface area contributed by atoms with Crippen molar-refractivity contribution in [3.8, 4) is 5.75 Å². The molecule has 2 rings (SSSR count). The summed E-state index contributed by atoms with van der Waals surface area (Å²) >= 11 is 0. The zero-order valence-electron chi connectivity index (χ0n) is 14.0. The van der Waals surface area contributed by atoms with Gasteiger partial charge in [0, 0.05) is 19.3 Å². The third-order valence-corrected chi connectivity index (χ3v) is 3.38. The van der Waals surface area contributed by atoms with Gasteiger partial charge in [-0.25, -0.2) is 14.2 Å².